The molecule has 0 radical (unpaired) electrons. The molecule has 10 nitrogen and oxygen atoms in total. The predicted octanol–water partition coefficient (Wildman–Crippen LogP) is 4.06. The minimum Gasteiger partial charge on any atom is -0.390 e. The van der Waals surface area contributed by atoms with Crippen LogP contribution in [0.4, 0.5) is 5.13 Å². The number of nitrogen functional groups attached to an aromatic ring is 1. The summed E-state index contributed by atoms with van der Waals surface area (Å²) in [4.78, 5) is 49.0. The molecule has 244 valence electrons. The molecule has 3 atom stereocenters. The summed E-state index contributed by atoms with van der Waals surface area (Å²) in [6, 6.07) is 8.79. The maximum atomic E-state index is 14.0. The van der Waals surface area contributed by atoms with Gasteiger partial charge >= 0.3 is 0 Å². The lowest BCUT2D eigenvalue weighted by Crippen LogP contribution is -2.52. The molecule has 1 fully saturated rings. The Kier molecular flexibility index (Phi) is 14.1. The molecular weight excluding hydrogens is 578 g/mol. The molecule has 1 aromatic heterocycles. The Labute approximate surface area is 266 Å². The van der Waals surface area contributed by atoms with E-state index in [0.717, 1.165) is 31.2 Å². The van der Waals surface area contributed by atoms with Crippen LogP contribution in [0.25, 0.3) is 0 Å². The molecule has 4 N–H and O–H groups in total. The smallest absolute Gasteiger partial charge is 0.241 e. The van der Waals surface area contributed by atoms with Gasteiger partial charge in [-0.2, -0.15) is 0 Å². The van der Waals surface area contributed by atoms with Crippen LogP contribution in [0.3, 0.4) is 0 Å². The van der Waals surface area contributed by atoms with Crippen LogP contribution in [0.5, 0.6) is 0 Å². The van der Waals surface area contributed by atoms with Gasteiger partial charge in [-0.3, -0.25) is 14.4 Å². The minimum atomic E-state index is -1.15. The maximum Gasteiger partial charge on any atom is 0.241 e. The number of thiazole rings is 1. The molecule has 44 heavy (non-hydrogen) atoms. The Bertz CT molecular complexity index is 1180. The van der Waals surface area contributed by atoms with Crippen LogP contribution in [0.15, 0.2) is 35.7 Å². The van der Waals surface area contributed by atoms with Crippen LogP contribution in [-0.2, 0) is 27.5 Å². The van der Waals surface area contributed by atoms with E-state index >= 15 is 0 Å². The third-order valence-corrected chi connectivity index (χ3v) is 9.09. The normalized spacial score (nSPS) is 15.9. The average Bonchev–Trinajstić information content (AvgIpc) is 3.41. The highest BCUT2D eigenvalue weighted by atomic mass is 32.1. The number of aromatic nitrogens is 1. The number of nitrogens with two attached hydrogens (primary N) is 1. The molecule has 3 amide bonds. The number of hydrogen-bond donors (Lipinski definition) is 3. The molecule has 3 rings (SSSR count). The van der Waals surface area contributed by atoms with Crippen LogP contribution in [0.1, 0.15) is 82.9 Å². The molecule has 0 saturated heterocycles. The van der Waals surface area contributed by atoms with Crippen molar-refractivity contribution in [2.45, 2.75) is 103 Å². The highest BCUT2D eigenvalue weighted by molar-refractivity contribution is 7.13. The molecule has 0 spiro atoms. The third kappa shape index (κ3) is 11.2. The first kappa shape index (κ1) is 35.5. The minimum absolute atomic E-state index is 0.0944. The molecule has 1 aliphatic carbocycles. The van der Waals surface area contributed by atoms with E-state index in [1.807, 2.05) is 44.2 Å². The van der Waals surface area contributed by atoms with Gasteiger partial charge in [-0.1, -0.05) is 76.3 Å². The summed E-state index contributed by atoms with van der Waals surface area (Å²) in [7, 11) is 3.29. The van der Waals surface area contributed by atoms with Gasteiger partial charge in [0, 0.05) is 38.9 Å². The average molecular weight is 630 g/mol. The SMILES string of the molecule is CC(C)C[C@H](O)[C@H](O)[C@H](CC1CCCCC1)N(Cc1csc(N)n1)C(=O)CCC(=O)N(CC(=O)N(C)C)Cc1ccccc1. The molecular formula is C33H51N5O5S. The summed E-state index contributed by atoms with van der Waals surface area (Å²) < 4.78 is 0. The Morgan fingerprint density at radius 1 is 0.977 bits per heavy atom. The summed E-state index contributed by atoms with van der Waals surface area (Å²) in [5, 5.41) is 24.7. The third-order valence-electron chi connectivity index (χ3n) is 8.37. The number of aliphatic hydroxyl groups is 2. The number of hydrogen-bond acceptors (Lipinski definition) is 8. The number of amides is 3. The van der Waals surface area contributed by atoms with Crippen molar-refractivity contribution < 1.29 is 24.6 Å². The number of carbonyl (C=O) groups is 3. The van der Waals surface area contributed by atoms with E-state index in [9.17, 15) is 24.6 Å². The van der Waals surface area contributed by atoms with E-state index in [0.29, 0.717) is 29.6 Å². The van der Waals surface area contributed by atoms with Gasteiger partial charge in [0.05, 0.1) is 24.4 Å². The summed E-state index contributed by atoms with van der Waals surface area (Å²) >= 11 is 1.28. The molecule has 2 aromatic rings. The van der Waals surface area contributed by atoms with Crippen molar-refractivity contribution in [3.63, 3.8) is 0 Å². The van der Waals surface area contributed by atoms with E-state index in [-0.39, 0.29) is 56.1 Å². The molecule has 1 aliphatic rings. The summed E-state index contributed by atoms with van der Waals surface area (Å²) in [6.07, 6.45) is 4.04. The Balaban J connectivity index is 1.84. The van der Waals surface area contributed by atoms with Crippen LogP contribution in [-0.4, -0.2) is 86.5 Å². The number of nitrogens with zero attached hydrogens (tertiary/aromatic N) is 4. The molecule has 0 bridgehead atoms. The first-order valence-electron chi connectivity index (χ1n) is 15.8. The number of rotatable bonds is 16. The van der Waals surface area contributed by atoms with Gasteiger partial charge in [-0.25, -0.2) is 4.98 Å². The van der Waals surface area contributed by atoms with Gasteiger partial charge in [0.1, 0.15) is 12.6 Å². The Morgan fingerprint density at radius 2 is 1.64 bits per heavy atom. The zero-order chi connectivity index (χ0) is 32.2. The van der Waals surface area contributed by atoms with Crippen LogP contribution in [0, 0.1) is 11.8 Å². The first-order valence-corrected chi connectivity index (χ1v) is 16.7. The lowest BCUT2D eigenvalue weighted by atomic mass is 9.81. The summed E-state index contributed by atoms with van der Waals surface area (Å²) in [5.74, 6) is -0.334. The zero-order valence-electron chi connectivity index (χ0n) is 26.7. The zero-order valence-corrected chi connectivity index (χ0v) is 27.5. The first-order chi connectivity index (χ1) is 20.9. The lowest BCUT2D eigenvalue weighted by molar-refractivity contribution is -0.145. The van der Waals surface area contributed by atoms with Crippen molar-refractivity contribution in [3.05, 3.63) is 47.0 Å². The number of benzene rings is 1. The largest absolute Gasteiger partial charge is 0.390 e. The summed E-state index contributed by atoms with van der Waals surface area (Å²) in [5.41, 5.74) is 7.40. The van der Waals surface area contributed by atoms with Crippen LogP contribution >= 0.6 is 11.3 Å². The molecule has 0 aliphatic heterocycles. The highest BCUT2D eigenvalue weighted by Crippen LogP contribution is 2.32. The van der Waals surface area contributed by atoms with Crippen molar-refractivity contribution in [3.8, 4) is 0 Å². The van der Waals surface area contributed by atoms with Gasteiger partial charge in [0.25, 0.3) is 0 Å². The lowest BCUT2D eigenvalue weighted by Gasteiger charge is -2.39. The van der Waals surface area contributed by atoms with Crippen molar-refractivity contribution in [2.75, 3.05) is 26.4 Å². The fraction of sp³-hybridized carbons (Fsp3) is 0.636. The molecule has 1 saturated carbocycles. The highest BCUT2D eigenvalue weighted by Gasteiger charge is 2.37. The molecule has 0 unspecified atom stereocenters. The fourth-order valence-corrected chi connectivity index (χ4v) is 6.46. The van der Waals surface area contributed by atoms with Crippen LogP contribution < -0.4 is 5.73 Å². The van der Waals surface area contributed by atoms with Crippen molar-refractivity contribution in [1.29, 1.82) is 0 Å². The number of aliphatic hydroxyl groups excluding tert-OH is 2. The molecule has 1 aromatic carbocycles. The fourth-order valence-electron chi connectivity index (χ4n) is 5.91. The Hall–Kier alpha value is -3.02. The maximum absolute atomic E-state index is 14.0. The standard InChI is InChI=1S/C33H51N5O5S/c1-23(2)17-28(39)32(43)27(18-24-11-7-5-8-12-24)38(20-26-22-44-33(34)35-26)30(41)16-15-29(40)37(21-31(42)36(3)4)19-25-13-9-6-10-14-25/h6,9-10,13-14,22-24,27-28,32,39,43H,5,7-8,11-12,15-21H2,1-4H3,(H2,34,35)/t27-,28-,32+/m0/s1. The van der Waals surface area contributed by atoms with Gasteiger partial charge in [0.15, 0.2) is 5.13 Å². The number of carbonyl (C=O) groups excluding carboxylic acids is 3. The van der Waals surface area contributed by atoms with Gasteiger partial charge in [0.2, 0.25) is 17.7 Å². The molecule has 11 heteroatoms. The second kappa shape index (κ2) is 17.5. The number of anilines is 1. The predicted molar refractivity (Wildman–Crippen MR) is 173 cm³/mol. The monoisotopic (exact) mass is 629 g/mol. The molecule has 1 heterocycles. The van der Waals surface area contributed by atoms with E-state index < -0.39 is 18.2 Å². The second-order valence-electron chi connectivity index (χ2n) is 12.7. The summed E-state index contributed by atoms with van der Waals surface area (Å²) in [6.45, 7) is 4.25. The second-order valence-corrected chi connectivity index (χ2v) is 13.6. The van der Waals surface area contributed by atoms with Crippen LogP contribution in [0.2, 0.25) is 0 Å². The van der Waals surface area contributed by atoms with Crippen molar-refractivity contribution >= 4 is 34.2 Å². The van der Waals surface area contributed by atoms with E-state index in [1.54, 1.807) is 24.4 Å². The van der Waals surface area contributed by atoms with E-state index in [2.05, 4.69) is 4.98 Å². The van der Waals surface area contributed by atoms with Crippen molar-refractivity contribution in [2.24, 2.45) is 11.8 Å². The quantitative estimate of drug-likeness (QED) is 0.254. The van der Waals surface area contributed by atoms with Gasteiger partial charge in [-0.15, -0.1) is 11.3 Å². The topological polar surface area (TPSA) is 140 Å². The van der Waals surface area contributed by atoms with Crippen molar-refractivity contribution in [1.82, 2.24) is 19.7 Å². The Morgan fingerprint density at radius 3 is 2.23 bits per heavy atom. The number of likely N-dealkylation sites (N-methyl/N-ethyl adjacent to an activating group) is 1. The van der Waals surface area contributed by atoms with E-state index in [1.165, 1.54) is 27.6 Å². The van der Waals surface area contributed by atoms with E-state index in [4.69, 9.17) is 5.73 Å². The van der Waals surface area contributed by atoms with Gasteiger partial charge < -0.3 is 30.6 Å². The van der Waals surface area contributed by atoms with Gasteiger partial charge in [-0.05, 0) is 30.2 Å².